The standard InChI is InChI=1S/C13H18N2O3/c1-17-12-5-3-2-4-11(12)13(16)15-8-10-9-18-7-6-14-10/h2-5,10,14H,6-9H2,1H3,(H,15,16)/t10-/m0/s1. The number of morpholine rings is 1. The summed E-state index contributed by atoms with van der Waals surface area (Å²) in [4.78, 5) is 12.0. The van der Waals surface area contributed by atoms with Gasteiger partial charge in [0.05, 0.1) is 25.9 Å². The summed E-state index contributed by atoms with van der Waals surface area (Å²) in [5.41, 5.74) is 0.553. The second-order valence-electron chi connectivity index (χ2n) is 4.14. The van der Waals surface area contributed by atoms with Crippen LogP contribution in [0.3, 0.4) is 0 Å². The largest absolute Gasteiger partial charge is 0.496 e. The number of benzene rings is 1. The Labute approximate surface area is 106 Å². The quantitative estimate of drug-likeness (QED) is 0.813. The first-order valence-electron chi connectivity index (χ1n) is 6.03. The lowest BCUT2D eigenvalue weighted by Crippen LogP contribution is -2.48. The van der Waals surface area contributed by atoms with Gasteiger partial charge >= 0.3 is 0 Å². The second kappa shape index (κ2) is 6.37. The van der Waals surface area contributed by atoms with Gasteiger partial charge in [-0.3, -0.25) is 4.79 Å². The Kier molecular flexibility index (Phi) is 4.55. The summed E-state index contributed by atoms with van der Waals surface area (Å²) in [6, 6.07) is 7.36. The van der Waals surface area contributed by atoms with Crippen LogP contribution in [-0.4, -0.2) is 45.4 Å². The van der Waals surface area contributed by atoms with Crippen LogP contribution in [0, 0.1) is 0 Å². The first-order chi connectivity index (χ1) is 8.81. The molecule has 5 heteroatoms. The van der Waals surface area contributed by atoms with E-state index in [1.165, 1.54) is 0 Å². The Hall–Kier alpha value is -1.59. The molecule has 1 heterocycles. The molecule has 0 spiro atoms. The number of methoxy groups -OCH3 is 1. The zero-order valence-corrected chi connectivity index (χ0v) is 10.4. The molecule has 1 amide bonds. The van der Waals surface area contributed by atoms with E-state index in [1.54, 1.807) is 19.2 Å². The van der Waals surface area contributed by atoms with E-state index in [0.717, 1.165) is 13.2 Å². The molecule has 0 aromatic heterocycles. The van der Waals surface area contributed by atoms with Gasteiger partial charge in [-0.15, -0.1) is 0 Å². The fourth-order valence-electron chi connectivity index (χ4n) is 1.89. The fourth-order valence-corrected chi connectivity index (χ4v) is 1.89. The number of hydrogen-bond acceptors (Lipinski definition) is 4. The van der Waals surface area contributed by atoms with Crippen LogP contribution in [-0.2, 0) is 4.74 Å². The SMILES string of the molecule is COc1ccccc1C(=O)NC[C@H]1COCCN1. The molecule has 1 aromatic carbocycles. The van der Waals surface area contributed by atoms with Crippen molar-refractivity contribution in [3.63, 3.8) is 0 Å². The van der Waals surface area contributed by atoms with Crippen molar-refractivity contribution in [1.29, 1.82) is 0 Å². The van der Waals surface area contributed by atoms with E-state index in [1.807, 2.05) is 12.1 Å². The summed E-state index contributed by atoms with van der Waals surface area (Å²) in [6.07, 6.45) is 0. The van der Waals surface area contributed by atoms with Crippen LogP contribution in [0.4, 0.5) is 0 Å². The van der Waals surface area contributed by atoms with Gasteiger partial charge in [0.15, 0.2) is 0 Å². The molecular formula is C13H18N2O3. The first kappa shape index (κ1) is 12.9. The number of carbonyl (C=O) groups is 1. The summed E-state index contributed by atoms with van der Waals surface area (Å²) >= 11 is 0. The summed E-state index contributed by atoms with van der Waals surface area (Å²) in [6.45, 7) is 2.75. The molecule has 2 rings (SSSR count). The average Bonchev–Trinajstić information content (AvgIpc) is 2.45. The minimum atomic E-state index is -0.125. The molecule has 1 saturated heterocycles. The number of amides is 1. The van der Waals surface area contributed by atoms with Gasteiger partial charge in [0.2, 0.25) is 0 Å². The van der Waals surface area contributed by atoms with Crippen LogP contribution >= 0.6 is 0 Å². The van der Waals surface area contributed by atoms with Crippen molar-refractivity contribution in [3.05, 3.63) is 29.8 Å². The van der Waals surface area contributed by atoms with Gasteiger partial charge in [-0.2, -0.15) is 0 Å². The third kappa shape index (κ3) is 3.21. The molecule has 0 unspecified atom stereocenters. The van der Waals surface area contributed by atoms with Crippen LogP contribution in [0.25, 0.3) is 0 Å². The van der Waals surface area contributed by atoms with Gasteiger partial charge in [-0.05, 0) is 12.1 Å². The van der Waals surface area contributed by atoms with Crippen molar-refractivity contribution in [2.75, 3.05) is 33.4 Å². The van der Waals surface area contributed by atoms with Crippen molar-refractivity contribution in [2.24, 2.45) is 0 Å². The second-order valence-corrected chi connectivity index (χ2v) is 4.14. The predicted octanol–water partition coefficient (Wildman–Crippen LogP) is 0.413. The molecule has 0 saturated carbocycles. The smallest absolute Gasteiger partial charge is 0.255 e. The van der Waals surface area contributed by atoms with E-state index in [2.05, 4.69) is 10.6 Å². The van der Waals surface area contributed by atoms with Crippen LogP contribution in [0.1, 0.15) is 10.4 Å². The highest BCUT2D eigenvalue weighted by Gasteiger charge is 2.16. The molecule has 0 radical (unpaired) electrons. The Morgan fingerprint density at radius 2 is 2.39 bits per heavy atom. The van der Waals surface area contributed by atoms with Gasteiger partial charge in [-0.1, -0.05) is 12.1 Å². The molecule has 5 nitrogen and oxygen atoms in total. The zero-order chi connectivity index (χ0) is 12.8. The van der Waals surface area contributed by atoms with Crippen LogP contribution in [0.15, 0.2) is 24.3 Å². The minimum Gasteiger partial charge on any atom is -0.496 e. The van der Waals surface area contributed by atoms with Crippen LogP contribution in [0.5, 0.6) is 5.75 Å². The van der Waals surface area contributed by atoms with Gasteiger partial charge in [0.1, 0.15) is 5.75 Å². The van der Waals surface area contributed by atoms with Crippen LogP contribution in [0.2, 0.25) is 0 Å². The lowest BCUT2D eigenvalue weighted by Gasteiger charge is -2.24. The maximum absolute atomic E-state index is 12.0. The number of rotatable bonds is 4. The maximum Gasteiger partial charge on any atom is 0.255 e. The number of ether oxygens (including phenoxy) is 2. The Morgan fingerprint density at radius 1 is 1.56 bits per heavy atom. The van der Waals surface area contributed by atoms with E-state index < -0.39 is 0 Å². The summed E-state index contributed by atoms with van der Waals surface area (Å²) in [7, 11) is 1.56. The predicted molar refractivity (Wildman–Crippen MR) is 67.9 cm³/mol. The van der Waals surface area contributed by atoms with E-state index in [-0.39, 0.29) is 11.9 Å². The maximum atomic E-state index is 12.0. The molecule has 1 aromatic rings. The topological polar surface area (TPSA) is 59.6 Å². The van der Waals surface area contributed by atoms with Crippen molar-refractivity contribution in [3.8, 4) is 5.75 Å². The van der Waals surface area contributed by atoms with Gasteiger partial charge in [0.25, 0.3) is 5.91 Å². The van der Waals surface area contributed by atoms with Crippen LogP contribution < -0.4 is 15.4 Å². The van der Waals surface area contributed by atoms with Crippen molar-refractivity contribution in [1.82, 2.24) is 10.6 Å². The van der Waals surface area contributed by atoms with Crippen molar-refractivity contribution in [2.45, 2.75) is 6.04 Å². The lowest BCUT2D eigenvalue weighted by atomic mass is 10.2. The monoisotopic (exact) mass is 250 g/mol. The first-order valence-corrected chi connectivity index (χ1v) is 6.03. The van der Waals surface area contributed by atoms with Crippen molar-refractivity contribution >= 4 is 5.91 Å². The summed E-state index contributed by atoms with van der Waals surface area (Å²) < 4.78 is 10.5. The summed E-state index contributed by atoms with van der Waals surface area (Å²) in [5, 5.41) is 6.17. The number of para-hydroxylation sites is 1. The third-order valence-electron chi connectivity index (χ3n) is 2.86. The Balaban J connectivity index is 1.90. The van der Waals surface area contributed by atoms with Gasteiger partial charge in [-0.25, -0.2) is 0 Å². The van der Waals surface area contributed by atoms with Gasteiger partial charge < -0.3 is 20.1 Å². The molecule has 98 valence electrons. The molecule has 2 N–H and O–H groups in total. The summed E-state index contributed by atoms with van der Waals surface area (Å²) in [5.74, 6) is 0.461. The highest BCUT2D eigenvalue weighted by atomic mass is 16.5. The van der Waals surface area contributed by atoms with E-state index in [0.29, 0.717) is 24.5 Å². The van der Waals surface area contributed by atoms with Crippen molar-refractivity contribution < 1.29 is 14.3 Å². The van der Waals surface area contributed by atoms with Gasteiger partial charge in [0, 0.05) is 19.1 Å². The highest BCUT2D eigenvalue weighted by molar-refractivity contribution is 5.96. The highest BCUT2D eigenvalue weighted by Crippen LogP contribution is 2.16. The fraction of sp³-hybridized carbons (Fsp3) is 0.462. The van der Waals surface area contributed by atoms with E-state index >= 15 is 0 Å². The molecule has 1 aliphatic rings. The van der Waals surface area contributed by atoms with E-state index in [4.69, 9.17) is 9.47 Å². The number of hydrogen-bond donors (Lipinski definition) is 2. The molecule has 1 fully saturated rings. The molecule has 0 aliphatic carbocycles. The molecule has 18 heavy (non-hydrogen) atoms. The lowest BCUT2D eigenvalue weighted by molar-refractivity contribution is 0.0734. The molecular weight excluding hydrogens is 232 g/mol. The normalized spacial score (nSPS) is 19.3. The molecule has 0 bridgehead atoms. The zero-order valence-electron chi connectivity index (χ0n) is 10.4. The Morgan fingerprint density at radius 3 is 3.11 bits per heavy atom. The number of nitrogens with one attached hydrogen (secondary N) is 2. The molecule has 1 aliphatic heterocycles. The minimum absolute atomic E-state index is 0.125. The third-order valence-corrected chi connectivity index (χ3v) is 2.86. The molecule has 1 atom stereocenters. The average molecular weight is 250 g/mol. The van der Waals surface area contributed by atoms with E-state index in [9.17, 15) is 4.79 Å². The Bertz CT molecular complexity index is 403. The number of carbonyl (C=O) groups excluding carboxylic acids is 1.